The highest BCUT2D eigenvalue weighted by atomic mass is 127. The molecule has 2 heterocycles. The maximum Gasteiger partial charge on any atom is 0.297 e. The van der Waals surface area contributed by atoms with Crippen LogP contribution < -0.4 is 4.90 Å². The first-order chi connectivity index (χ1) is 16.3. The fourth-order valence-corrected chi connectivity index (χ4v) is 5.41. The summed E-state index contributed by atoms with van der Waals surface area (Å²) in [5, 5.41) is 11.0. The van der Waals surface area contributed by atoms with Crippen molar-refractivity contribution in [1.82, 2.24) is 4.98 Å². The monoisotopic (exact) mass is 595 g/mol. The number of nitro groups is 1. The number of halogens is 1. The Labute approximate surface area is 211 Å². The highest BCUT2D eigenvalue weighted by molar-refractivity contribution is 14.1. The molecule has 2 atom stereocenters. The van der Waals surface area contributed by atoms with Crippen LogP contribution in [0.3, 0.4) is 0 Å². The van der Waals surface area contributed by atoms with Crippen LogP contribution in [0.1, 0.15) is 11.3 Å². The molecule has 4 rings (SSSR count). The first-order valence-electron chi connectivity index (χ1n) is 10.4. The second-order valence-corrected chi connectivity index (χ2v) is 10.5. The van der Waals surface area contributed by atoms with Crippen LogP contribution >= 0.6 is 22.6 Å². The van der Waals surface area contributed by atoms with E-state index < -0.39 is 27.2 Å². The van der Waals surface area contributed by atoms with Gasteiger partial charge in [0, 0.05) is 42.3 Å². The number of benzene rings is 2. The van der Waals surface area contributed by atoms with Crippen molar-refractivity contribution in [2.45, 2.75) is 23.5 Å². The molecule has 0 amide bonds. The summed E-state index contributed by atoms with van der Waals surface area (Å²) in [5.74, 6) is 0.701. The van der Waals surface area contributed by atoms with Gasteiger partial charge in [0.25, 0.3) is 15.8 Å². The number of methoxy groups -OCH3 is 1. The van der Waals surface area contributed by atoms with Gasteiger partial charge in [-0.05, 0) is 46.4 Å². The van der Waals surface area contributed by atoms with Gasteiger partial charge >= 0.3 is 0 Å². The Kier molecular flexibility index (Phi) is 7.45. The number of pyridine rings is 1. The Morgan fingerprint density at radius 2 is 1.82 bits per heavy atom. The van der Waals surface area contributed by atoms with Gasteiger partial charge in [-0.1, -0.05) is 36.4 Å². The third-order valence-corrected chi connectivity index (χ3v) is 7.84. The summed E-state index contributed by atoms with van der Waals surface area (Å²) < 4.78 is 37.7. The van der Waals surface area contributed by atoms with Gasteiger partial charge in [-0.2, -0.15) is 8.42 Å². The van der Waals surface area contributed by atoms with Crippen LogP contribution in [0.15, 0.2) is 71.6 Å². The van der Waals surface area contributed by atoms with Crippen molar-refractivity contribution < 1.29 is 22.3 Å². The van der Waals surface area contributed by atoms with E-state index in [1.807, 2.05) is 47.4 Å². The van der Waals surface area contributed by atoms with Gasteiger partial charge < -0.3 is 9.64 Å². The molecule has 3 aromatic rings. The molecule has 0 spiro atoms. The Hall–Kier alpha value is -2.61. The minimum absolute atomic E-state index is 0.241. The zero-order valence-electron chi connectivity index (χ0n) is 18.2. The van der Waals surface area contributed by atoms with Crippen molar-refractivity contribution in [2.24, 2.45) is 0 Å². The van der Waals surface area contributed by atoms with E-state index in [0.29, 0.717) is 18.8 Å². The maximum absolute atomic E-state index is 12.8. The zero-order chi connectivity index (χ0) is 24.3. The number of nitro benzene ring substituents is 1. The lowest BCUT2D eigenvalue weighted by Crippen LogP contribution is -2.31. The molecule has 0 N–H and O–H groups in total. The third kappa shape index (κ3) is 5.54. The number of rotatable bonds is 8. The average molecular weight is 595 g/mol. The summed E-state index contributed by atoms with van der Waals surface area (Å²) >= 11 is 2.26. The zero-order valence-corrected chi connectivity index (χ0v) is 21.2. The minimum Gasteiger partial charge on any atom is -0.377 e. The summed E-state index contributed by atoms with van der Waals surface area (Å²) in [6, 6.07) is 18.7. The number of hydrogen-bond acceptors (Lipinski definition) is 8. The van der Waals surface area contributed by atoms with Gasteiger partial charge in [0.05, 0.1) is 10.6 Å². The molecule has 1 fully saturated rings. The van der Waals surface area contributed by atoms with E-state index in [0.717, 1.165) is 20.9 Å². The quantitative estimate of drug-likeness (QED) is 0.167. The van der Waals surface area contributed by atoms with E-state index in [-0.39, 0.29) is 17.1 Å². The van der Waals surface area contributed by atoms with Crippen molar-refractivity contribution in [2.75, 3.05) is 25.1 Å². The Balaban J connectivity index is 1.53. The number of ether oxygens (including phenoxy) is 1. The van der Waals surface area contributed by atoms with Crippen molar-refractivity contribution >= 4 is 44.2 Å². The molecule has 1 saturated heterocycles. The molecule has 1 aromatic heterocycles. The predicted molar refractivity (Wildman–Crippen MR) is 134 cm³/mol. The van der Waals surface area contributed by atoms with Crippen molar-refractivity contribution in [3.05, 3.63) is 91.7 Å². The molecule has 0 aliphatic carbocycles. The Bertz CT molecular complexity index is 1290. The molecule has 0 radical (unpaired) electrons. The maximum atomic E-state index is 12.8. The van der Waals surface area contributed by atoms with Crippen molar-refractivity contribution in [3.8, 4) is 0 Å². The first-order valence-corrected chi connectivity index (χ1v) is 12.9. The normalized spacial score (nSPS) is 18.2. The largest absolute Gasteiger partial charge is 0.377 e. The highest BCUT2D eigenvalue weighted by Gasteiger charge is 2.38. The number of aromatic nitrogens is 1. The molecule has 1 aliphatic rings. The molecule has 178 valence electrons. The van der Waals surface area contributed by atoms with Crippen molar-refractivity contribution in [3.63, 3.8) is 0 Å². The van der Waals surface area contributed by atoms with Gasteiger partial charge in [-0.25, -0.2) is 4.98 Å². The number of nitrogens with zero attached hydrogens (tertiary/aromatic N) is 3. The van der Waals surface area contributed by atoms with E-state index in [1.54, 1.807) is 0 Å². The molecule has 0 unspecified atom stereocenters. The Morgan fingerprint density at radius 3 is 2.53 bits per heavy atom. The lowest BCUT2D eigenvalue weighted by molar-refractivity contribution is -0.385. The van der Waals surface area contributed by atoms with E-state index in [2.05, 4.69) is 22.6 Å². The van der Waals surface area contributed by atoms with Gasteiger partial charge in [0.15, 0.2) is 0 Å². The van der Waals surface area contributed by atoms with Crippen LogP contribution in [-0.2, 0) is 25.5 Å². The second-order valence-electron chi connectivity index (χ2n) is 7.78. The topological polar surface area (TPSA) is 112 Å². The Morgan fingerprint density at radius 1 is 1.09 bits per heavy atom. The van der Waals surface area contributed by atoms with Gasteiger partial charge in [0.2, 0.25) is 0 Å². The van der Waals surface area contributed by atoms with Gasteiger partial charge in [0.1, 0.15) is 22.9 Å². The molecule has 0 saturated carbocycles. The van der Waals surface area contributed by atoms with Crippen LogP contribution in [0.4, 0.5) is 11.5 Å². The third-order valence-electron chi connectivity index (χ3n) is 5.53. The second kappa shape index (κ2) is 10.3. The summed E-state index contributed by atoms with van der Waals surface area (Å²) in [4.78, 5) is 16.8. The van der Waals surface area contributed by atoms with Crippen LogP contribution in [0.5, 0.6) is 0 Å². The van der Waals surface area contributed by atoms with Crippen LogP contribution in [0, 0.1) is 13.7 Å². The van der Waals surface area contributed by atoms with E-state index in [4.69, 9.17) is 13.9 Å². The van der Waals surface area contributed by atoms with E-state index in [1.165, 1.54) is 25.3 Å². The van der Waals surface area contributed by atoms with Crippen LogP contribution in [0.2, 0.25) is 0 Å². The molecule has 1 aliphatic heterocycles. The number of hydrogen-bond donors (Lipinski definition) is 0. The molecule has 9 nitrogen and oxygen atoms in total. The molecular formula is C23H22IN3O6S. The summed E-state index contributed by atoms with van der Waals surface area (Å²) in [5.41, 5.74) is 1.74. The standard InChI is InChI=1S/C23H22IN3O6S/c1-32-21-14-26(23-11-10-19(24)20(25-23)12-16-6-3-2-4-7-16)15-22(21)33-34(30,31)18-9-5-8-17(13-18)27(28)29/h2-11,13,21-22H,12,14-15H2,1H3/t21-,22-/m0/s1. The lowest BCUT2D eigenvalue weighted by Gasteiger charge is -2.18. The van der Waals surface area contributed by atoms with E-state index in [9.17, 15) is 18.5 Å². The molecular weight excluding hydrogens is 573 g/mol. The number of anilines is 1. The fraction of sp³-hybridized carbons (Fsp3) is 0.261. The summed E-state index contributed by atoms with van der Waals surface area (Å²) in [6.45, 7) is 0.634. The van der Waals surface area contributed by atoms with Crippen molar-refractivity contribution in [1.29, 1.82) is 0 Å². The molecule has 11 heteroatoms. The fourth-order valence-electron chi connectivity index (χ4n) is 3.78. The summed E-state index contributed by atoms with van der Waals surface area (Å²) in [6.07, 6.45) is -0.643. The highest BCUT2D eigenvalue weighted by Crippen LogP contribution is 2.28. The summed E-state index contributed by atoms with van der Waals surface area (Å²) in [7, 11) is -2.74. The molecule has 0 bridgehead atoms. The van der Waals surface area contributed by atoms with Gasteiger partial charge in [-0.15, -0.1) is 0 Å². The van der Waals surface area contributed by atoms with Crippen LogP contribution in [0.25, 0.3) is 0 Å². The smallest absolute Gasteiger partial charge is 0.297 e. The average Bonchev–Trinajstić information content (AvgIpc) is 3.23. The SMILES string of the molecule is CO[C@H]1CN(c2ccc(I)c(Cc3ccccc3)n2)C[C@@H]1OS(=O)(=O)c1cccc([N+](=O)[O-])c1. The van der Waals surface area contributed by atoms with E-state index >= 15 is 0 Å². The first kappa shape index (κ1) is 24.5. The molecule has 34 heavy (non-hydrogen) atoms. The lowest BCUT2D eigenvalue weighted by atomic mass is 10.1. The minimum atomic E-state index is -4.24. The number of non-ortho nitro benzene ring substituents is 1. The predicted octanol–water partition coefficient (Wildman–Crippen LogP) is 3.79. The van der Waals surface area contributed by atoms with Crippen LogP contribution in [-0.4, -0.2) is 50.7 Å². The molecule has 2 aromatic carbocycles. The van der Waals surface area contributed by atoms with Gasteiger partial charge in [-0.3, -0.25) is 14.3 Å².